The zero-order valence-corrected chi connectivity index (χ0v) is 22.8. The van der Waals surface area contributed by atoms with Gasteiger partial charge in [-0.05, 0) is 58.4 Å². The monoisotopic (exact) mass is 525 g/mol. The summed E-state index contributed by atoms with van der Waals surface area (Å²) in [6.07, 6.45) is 5.19. The summed E-state index contributed by atoms with van der Waals surface area (Å²) in [6.45, 7) is 10.6. The lowest BCUT2D eigenvalue weighted by atomic mass is 9.92. The van der Waals surface area contributed by atoms with E-state index in [0.717, 1.165) is 31.4 Å². The number of benzene rings is 1. The van der Waals surface area contributed by atoms with Gasteiger partial charge in [-0.15, -0.1) is 0 Å². The quantitative estimate of drug-likeness (QED) is 0.567. The highest BCUT2D eigenvalue weighted by Gasteiger charge is 2.29. The van der Waals surface area contributed by atoms with E-state index < -0.39 is 11.7 Å². The molecule has 2 aliphatic rings. The Morgan fingerprint density at radius 1 is 1.05 bits per heavy atom. The molecule has 0 unspecified atom stereocenters. The number of hydrogen-bond donors (Lipinski definition) is 1. The molecule has 2 atom stereocenters. The zero-order chi connectivity index (χ0) is 27.1. The molecule has 1 aromatic heterocycles. The third-order valence-corrected chi connectivity index (χ3v) is 6.80. The van der Waals surface area contributed by atoms with Gasteiger partial charge in [0.15, 0.2) is 5.75 Å². The van der Waals surface area contributed by atoms with Crippen molar-refractivity contribution in [2.75, 3.05) is 31.1 Å². The van der Waals surface area contributed by atoms with Crippen molar-refractivity contribution in [3.63, 3.8) is 0 Å². The van der Waals surface area contributed by atoms with Crippen molar-refractivity contribution in [1.82, 2.24) is 20.2 Å². The minimum Gasteiger partial charge on any atom is -0.487 e. The lowest BCUT2D eigenvalue weighted by Gasteiger charge is -2.34. The fraction of sp³-hybridized carbons (Fsp3) is 0.571. The van der Waals surface area contributed by atoms with Crippen molar-refractivity contribution in [3.8, 4) is 5.75 Å². The highest BCUT2D eigenvalue weighted by atomic mass is 16.6. The molecule has 0 aliphatic carbocycles. The molecule has 10 nitrogen and oxygen atoms in total. The molecular weight excluding hydrogens is 486 g/mol. The maximum atomic E-state index is 12.4. The Bertz CT molecular complexity index is 1050. The summed E-state index contributed by atoms with van der Waals surface area (Å²) in [5.74, 6) is 1.56. The fourth-order valence-electron chi connectivity index (χ4n) is 4.74. The van der Waals surface area contributed by atoms with Crippen LogP contribution in [0.1, 0.15) is 52.5 Å². The van der Waals surface area contributed by atoms with Crippen molar-refractivity contribution in [2.24, 2.45) is 5.92 Å². The summed E-state index contributed by atoms with van der Waals surface area (Å²) < 4.78 is 17.0. The van der Waals surface area contributed by atoms with Crippen LogP contribution in [0.2, 0.25) is 0 Å². The summed E-state index contributed by atoms with van der Waals surface area (Å²) >= 11 is 0. The smallest absolute Gasteiger partial charge is 0.410 e. The molecule has 2 amide bonds. The molecule has 2 fully saturated rings. The molecule has 0 radical (unpaired) electrons. The summed E-state index contributed by atoms with van der Waals surface area (Å²) in [4.78, 5) is 37.3. The third kappa shape index (κ3) is 7.97. The summed E-state index contributed by atoms with van der Waals surface area (Å²) in [6, 6.07) is 9.69. The Balaban J connectivity index is 1.18. The summed E-state index contributed by atoms with van der Waals surface area (Å²) in [5, 5.41) is 2.92. The fourth-order valence-corrected chi connectivity index (χ4v) is 4.74. The highest BCUT2D eigenvalue weighted by Crippen LogP contribution is 2.25. The van der Waals surface area contributed by atoms with Crippen LogP contribution in [0.25, 0.3) is 0 Å². The van der Waals surface area contributed by atoms with Gasteiger partial charge in [-0.2, -0.15) is 0 Å². The first kappa shape index (κ1) is 27.5. The molecule has 1 N–H and O–H groups in total. The molecular formula is C28H39N5O5. The molecule has 2 aromatic rings. The van der Waals surface area contributed by atoms with Crippen LogP contribution < -0.4 is 15.0 Å². The Morgan fingerprint density at radius 3 is 2.39 bits per heavy atom. The van der Waals surface area contributed by atoms with Crippen LogP contribution in [0.3, 0.4) is 0 Å². The lowest BCUT2D eigenvalue weighted by Crippen LogP contribution is -2.42. The van der Waals surface area contributed by atoms with Gasteiger partial charge < -0.3 is 29.3 Å². The van der Waals surface area contributed by atoms with Gasteiger partial charge in [0.1, 0.15) is 12.2 Å². The maximum Gasteiger partial charge on any atom is 0.410 e. The van der Waals surface area contributed by atoms with Crippen LogP contribution in [0.5, 0.6) is 5.75 Å². The van der Waals surface area contributed by atoms with E-state index in [-0.39, 0.29) is 24.8 Å². The molecule has 10 heteroatoms. The average molecular weight is 526 g/mol. The predicted octanol–water partition coefficient (Wildman–Crippen LogP) is 4.40. The van der Waals surface area contributed by atoms with E-state index in [1.54, 1.807) is 17.3 Å². The topological polar surface area (TPSA) is 106 Å². The lowest BCUT2D eigenvalue weighted by molar-refractivity contribution is 0.0508. The first-order chi connectivity index (χ1) is 18.2. The van der Waals surface area contributed by atoms with E-state index in [2.05, 4.69) is 22.2 Å². The van der Waals surface area contributed by atoms with Crippen LogP contribution >= 0.6 is 0 Å². The number of rotatable bonds is 7. The average Bonchev–Trinajstić information content (AvgIpc) is 3.35. The van der Waals surface area contributed by atoms with Gasteiger partial charge in [0, 0.05) is 26.2 Å². The number of nitrogens with one attached hydrogen (secondary N) is 1. The number of carbonyl (C=O) groups is 2. The highest BCUT2D eigenvalue weighted by molar-refractivity contribution is 5.68. The number of alkyl carbamates (subject to hydrolysis) is 1. The largest absolute Gasteiger partial charge is 0.487 e. The SMILES string of the molecule is C[C@H](Oc1cnc(N2CC[C@@H](NC(=O)OC(C)(C)C)C2)nc1)C1CCN(C(=O)OCc2ccccc2)CC1. The van der Waals surface area contributed by atoms with Gasteiger partial charge in [-0.1, -0.05) is 30.3 Å². The Morgan fingerprint density at radius 2 is 1.74 bits per heavy atom. The second kappa shape index (κ2) is 12.3. The van der Waals surface area contributed by atoms with Gasteiger partial charge >= 0.3 is 12.2 Å². The molecule has 38 heavy (non-hydrogen) atoms. The van der Waals surface area contributed by atoms with Crippen molar-refractivity contribution < 1.29 is 23.8 Å². The number of hydrogen-bond acceptors (Lipinski definition) is 8. The van der Waals surface area contributed by atoms with Crippen LogP contribution in [-0.2, 0) is 16.1 Å². The Labute approximate surface area is 224 Å². The van der Waals surface area contributed by atoms with Crippen LogP contribution in [-0.4, -0.2) is 71.0 Å². The molecule has 0 spiro atoms. The number of anilines is 1. The molecule has 1 aromatic carbocycles. The number of carbonyl (C=O) groups excluding carboxylic acids is 2. The van der Waals surface area contributed by atoms with Crippen molar-refractivity contribution in [3.05, 3.63) is 48.3 Å². The minimum absolute atomic E-state index is 0.00844. The molecule has 4 rings (SSSR count). The Kier molecular flexibility index (Phi) is 8.91. The van der Waals surface area contributed by atoms with E-state index in [1.807, 2.05) is 56.0 Å². The zero-order valence-electron chi connectivity index (χ0n) is 22.8. The van der Waals surface area contributed by atoms with Gasteiger partial charge in [-0.3, -0.25) is 0 Å². The van der Waals surface area contributed by atoms with E-state index in [0.29, 0.717) is 37.3 Å². The minimum atomic E-state index is -0.524. The molecule has 0 bridgehead atoms. The number of aromatic nitrogens is 2. The third-order valence-electron chi connectivity index (χ3n) is 6.80. The van der Waals surface area contributed by atoms with E-state index in [9.17, 15) is 9.59 Å². The predicted molar refractivity (Wildman–Crippen MR) is 143 cm³/mol. The molecule has 0 saturated carbocycles. The number of ether oxygens (including phenoxy) is 3. The second-order valence-electron chi connectivity index (χ2n) is 11.0. The van der Waals surface area contributed by atoms with Gasteiger partial charge in [0.2, 0.25) is 5.95 Å². The van der Waals surface area contributed by atoms with E-state index in [1.165, 1.54) is 0 Å². The summed E-state index contributed by atoms with van der Waals surface area (Å²) in [7, 11) is 0. The van der Waals surface area contributed by atoms with E-state index in [4.69, 9.17) is 14.2 Å². The van der Waals surface area contributed by atoms with Crippen molar-refractivity contribution >= 4 is 18.1 Å². The van der Waals surface area contributed by atoms with Crippen LogP contribution in [0.15, 0.2) is 42.7 Å². The molecule has 2 saturated heterocycles. The van der Waals surface area contributed by atoms with Crippen molar-refractivity contribution in [2.45, 2.75) is 71.3 Å². The first-order valence-corrected chi connectivity index (χ1v) is 13.3. The second-order valence-corrected chi connectivity index (χ2v) is 11.0. The molecule has 206 valence electrons. The van der Waals surface area contributed by atoms with Crippen LogP contribution in [0.4, 0.5) is 15.5 Å². The first-order valence-electron chi connectivity index (χ1n) is 13.3. The Hall–Kier alpha value is -3.56. The maximum absolute atomic E-state index is 12.4. The molecule has 2 aliphatic heterocycles. The van der Waals surface area contributed by atoms with Gasteiger partial charge in [-0.25, -0.2) is 19.6 Å². The van der Waals surface area contributed by atoms with Gasteiger partial charge in [0.25, 0.3) is 0 Å². The number of likely N-dealkylation sites (tertiary alicyclic amines) is 1. The number of amides is 2. The number of piperidine rings is 1. The summed E-state index contributed by atoms with van der Waals surface area (Å²) in [5.41, 5.74) is 0.456. The van der Waals surface area contributed by atoms with Gasteiger partial charge in [0.05, 0.1) is 24.5 Å². The normalized spacial score (nSPS) is 19.1. The van der Waals surface area contributed by atoms with Crippen molar-refractivity contribution in [1.29, 1.82) is 0 Å². The number of nitrogens with zero attached hydrogens (tertiary/aromatic N) is 4. The van der Waals surface area contributed by atoms with E-state index >= 15 is 0 Å². The van der Waals surface area contributed by atoms with Crippen LogP contribution in [0, 0.1) is 5.92 Å². The molecule has 3 heterocycles. The standard InChI is InChI=1S/C28H39N5O5/c1-20(22-10-13-32(14-11-22)27(35)36-19-21-8-6-5-7-9-21)37-24-16-29-25(30-17-24)33-15-12-23(18-33)31-26(34)38-28(2,3)4/h5-9,16-17,20,22-23H,10-15,18-19H2,1-4H3,(H,31,34)/t20-,23+/m0/s1.